The molecule has 0 aromatic rings. The molecule has 0 fully saturated rings. The molecule has 0 amide bonds. The summed E-state index contributed by atoms with van der Waals surface area (Å²) in [6.45, 7) is 27.0. The van der Waals surface area contributed by atoms with Crippen molar-refractivity contribution in [2.75, 3.05) is 0 Å². The molecule has 258 valence electrons. The van der Waals surface area contributed by atoms with Gasteiger partial charge in [-0.1, -0.05) is 126 Å². The molecule has 11 atom stereocenters. The number of hydrogen-bond donors (Lipinski definition) is 0. The predicted molar refractivity (Wildman–Crippen MR) is 190 cm³/mol. The highest BCUT2D eigenvalue weighted by Crippen LogP contribution is 2.58. The van der Waals surface area contributed by atoms with E-state index < -0.39 is 0 Å². The minimum atomic E-state index is -0.193. The van der Waals surface area contributed by atoms with E-state index in [1.54, 1.807) is 0 Å². The van der Waals surface area contributed by atoms with Gasteiger partial charge in [-0.2, -0.15) is 0 Å². The third kappa shape index (κ3) is 7.62. The summed E-state index contributed by atoms with van der Waals surface area (Å²) in [4.78, 5) is 26.7. The fourth-order valence-corrected chi connectivity index (χ4v) is 9.95. The molecule has 0 spiro atoms. The van der Waals surface area contributed by atoms with E-state index in [0.717, 1.165) is 44.9 Å². The number of hydrogen-bond acceptors (Lipinski definition) is 4. The van der Waals surface area contributed by atoms with Crippen LogP contribution in [0, 0.1) is 63.6 Å². The van der Waals surface area contributed by atoms with Gasteiger partial charge >= 0.3 is 11.9 Å². The maximum atomic E-state index is 13.8. The molecule has 4 aliphatic rings. The van der Waals surface area contributed by atoms with Gasteiger partial charge in [0.15, 0.2) is 0 Å². The summed E-state index contributed by atoms with van der Waals surface area (Å²) >= 11 is 0. The first kappa shape index (κ1) is 36.7. The highest BCUT2D eigenvalue weighted by atomic mass is 16.5. The monoisotopic (exact) mass is 634 g/mol. The van der Waals surface area contributed by atoms with Gasteiger partial charge < -0.3 is 9.47 Å². The minimum absolute atomic E-state index is 0.0457. The van der Waals surface area contributed by atoms with Crippen LogP contribution in [0.3, 0.4) is 0 Å². The molecule has 0 aromatic heterocycles. The SMILES string of the molecule is CCC(C)C(=O)OC1CCC=C2C=CC(CCCC(C)C(=O)OC3CC(C)C=C4C=CC(C)C(C(C)(C)C)C43C)C(C(C)(C)C)C21. The topological polar surface area (TPSA) is 52.6 Å². The Morgan fingerprint density at radius 3 is 2.26 bits per heavy atom. The first-order valence-corrected chi connectivity index (χ1v) is 18.6. The average molecular weight is 635 g/mol. The first-order chi connectivity index (χ1) is 21.4. The molecule has 4 rings (SSSR count). The molecule has 11 unspecified atom stereocenters. The Hall–Kier alpha value is -2.10. The summed E-state index contributed by atoms with van der Waals surface area (Å²) in [6.07, 6.45) is 20.3. The number of fused-ring (bicyclic) bond motifs is 2. The third-order valence-corrected chi connectivity index (χ3v) is 12.1. The van der Waals surface area contributed by atoms with Gasteiger partial charge in [0.05, 0.1) is 11.8 Å². The quantitative estimate of drug-likeness (QED) is 0.237. The molecule has 0 saturated carbocycles. The van der Waals surface area contributed by atoms with Crippen LogP contribution in [0.15, 0.2) is 47.6 Å². The number of carbonyl (C=O) groups is 2. The van der Waals surface area contributed by atoms with Crippen LogP contribution >= 0.6 is 0 Å². The highest BCUT2D eigenvalue weighted by molar-refractivity contribution is 5.72. The molecule has 4 aliphatic carbocycles. The van der Waals surface area contributed by atoms with Crippen LogP contribution in [-0.4, -0.2) is 24.1 Å². The maximum absolute atomic E-state index is 13.8. The van der Waals surface area contributed by atoms with E-state index in [0.29, 0.717) is 29.6 Å². The summed E-state index contributed by atoms with van der Waals surface area (Å²) < 4.78 is 12.8. The van der Waals surface area contributed by atoms with Crippen molar-refractivity contribution in [3.8, 4) is 0 Å². The number of carbonyl (C=O) groups excluding carboxylic acids is 2. The van der Waals surface area contributed by atoms with Crippen LogP contribution in [0.25, 0.3) is 0 Å². The lowest BCUT2D eigenvalue weighted by molar-refractivity contribution is -0.167. The largest absolute Gasteiger partial charge is 0.461 e. The number of ether oxygens (including phenoxy) is 2. The van der Waals surface area contributed by atoms with Crippen LogP contribution in [0.2, 0.25) is 0 Å². The lowest BCUT2D eigenvalue weighted by Gasteiger charge is -2.55. The van der Waals surface area contributed by atoms with Crippen molar-refractivity contribution in [1.82, 2.24) is 0 Å². The molecule has 0 N–H and O–H groups in total. The Morgan fingerprint density at radius 1 is 0.957 bits per heavy atom. The Morgan fingerprint density at radius 2 is 1.63 bits per heavy atom. The van der Waals surface area contributed by atoms with E-state index in [1.165, 1.54) is 11.1 Å². The normalized spacial score (nSPS) is 35.7. The van der Waals surface area contributed by atoms with Gasteiger partial charge in [-0.15, -0.1) is 0 Å². The van der Waals surface area contributed by atoms with Crippen LogP contribution in [0.4, 0.5) is 0 Å². The Labute approximate surface area is 281 Å². The lowest BCUT2D eigenvalue weighted by Crippen LogP contribution is -2.53. The Balaban J connectivity index is 1.44. The fraction of sp³-hybridized carbons (Fsp3) is 0.762. The lowest BCUT2D eigenvalue weighted by atomic mass is 9.51. The second-order valence-corrected chi connectivity index (χ2v) is 17.9. The summed E-state index contributed by atoms with van der Waals surface area (Å²) in [5.41, 5.74) is 2.63. The summed E-state index contributed by atoms with van der Waals surface area (Å²) in [7, 11) is 0. The second-order valence-electron chi connectivity index (χ2n) is 17.9. The first-order valence-electron chi connectivity index (χ1n) is 18.6. The molecule has 4 heteroatoms. The zero-order chi connectivity index (χ0) is 34.2. The molecule has 0 aromatic carbocycles. The summed E-state index contributed by atoms with van der Waals surface area (Å²) in [5, 5.41) is 0. The van der Waals surface area contributed by atoms with Gasteiger partial charge in [0.2, 0.25) is 0 Å². The number of rotatable bonds is 9. The predicted octanol–water partition coefficient (Wildman–Crippen LogP) is 10.7. The molecule has 0 bridgehead atoms. The minimum Gasteiger partial charge on any atom is -0.461 e. The van der Waals surface area contributed by atoms with Crippen LogP contribution in [0.5, 0.6) is 0 Å². The maximum Gasteiger partial charge on any atom is 0.308 e. The van der Waals surface area contributed by atoms with Gasteiger partial charge in [-0.25, -0.2) is 0 Å². The van der Waals surface area contributed by atoms with Crippen molar-refractivity contribution in [2.24, 2.45) is 63.6 Å². The van der Waals surface area contributed by atoms with Crippen molar-refractivity contribution in [2.45, 2.75) is 140 Å². The number of allylic oxidation sites excluding steroid dienone is 6. The summed E-state index contributed by atoms with van der Waals surface area (Å²) in [6, 6.07) is 0. The van der Waals surface area contributed by atoms with Gasteiger partial charge in [0, 0.05) is 11.3 Å². The fourth-order valence-electron chi connectivity index (χ4n) is 9.95. The molecule has 4 nitrogen and oxygen atoms in total. The molecule has 0 heterocycles. The Bertz CT molecular complexity index is 1220. The smallest absolute Gasteiger partial charge is 0.308 e. The molecule has 46 heavy (non-hydrogen) atoms. The van der Waals surface area contributed by atoms with Crippen molar-refractivity contribution < 1.29 is 19.1 Å². The van der Waals surface area contributed by atoms with E-state index >= 15 is 0 Å². The number of esters is 2. The summed E-state index contributed by atoms with van der Waals surface area (Å²) in [5.74, 6) is 1.83. The van der Waals surface area contributed by atoms with Gasteiger partial charge in [0.1, 0.15) is 12.2 Å². The molecular weight excluding hydrogens is 568 g/mol. The molecule has 0 radical (unpaired) electrons. The third-order valence-electron chi connectivity index (χ3n) is 12.1. The highest BCUT2D eigenvalue weighted by Gasteiger charge is 2.55. The second kappa shape index (κ2) is 14.2. The van der Waals surface area contributed by atoms with E-state index in [-0.39, 0.29) is 58.1 Å². The van der Waals surface area contributed by atoms with E-state index in [9.17, 15) is 9.59 Å². The van der Waals surface area contributed by atoms with E-state index in [1.807, 2.05) is 13.8 Å². The van der Waals surface area contributed by atoms with Gasteiger partial charge in [0.25, 0.3) is 0 Å². The van der Waals surface area contributed by atoms with Crippen molar-refractivity contribution in [1.29, 1.82) is 0 Å². The van der Waals surface area contributed by atoms with Crippen molar-refractivity contribution in [3.05, 3.63) is 47.6 Å². The van der Waals surface area contributed by atoms with Crippen LogP contribution in [0.1, 0.15) is 128 Å². The molecule has 0 aliphatic heterocycles. The van der Waals surface area contributed by atoms with E-state index in [4.69, 9.17) is 9.47 Å². The Kier molecular flexibility index (Phi) is 11.3. The van der Waals surface area contributed by atoms with Crippen LogP contribution in [-0.2, 0) is 19.1 Å². The zero-order valence-corrected chi connectivity index (χ0v) is 31.3. The standard InChI is InChI=1S/C42H66O4/c1-13-27(3)38(43)45-33-19-15-17-30-21-22-31(36(35(30)33)40(6,7)8)18-14-16-29(5)39(44)46-34-25-26(2)24-32-23-20-28(4)37(41(9,10)11)42(32,34)12/h17,20-24,26-29,31,33-37H,13-16,18-19,25H2,1-12H3. The van der Waals surface area contributed by atoms with Crippen molar-refractivity contribution >= 4 is 11.9 Å². The molecular formula is C42H66O4. The van der Waals surface area contributed by atoms with Crippen LogP contribution < -0.4 is 0 Å². The van der Waals surface area contributed by atoms with Gasteiger partial charge in [-0.3, -0.25) is 9.59 Å². The molecule has 0 saturated heterocycles. The van der Waals surface area contributed by atoms with Gasteiger partial charge in [-0.05, 0) is 90.1 Å². The average Bonchev–Trinajstić information content (AvgIpc) is 2.95. The van der Waals surface area contributed by atoms with Crippen molar-refractivity contribution in [3.63, 3.8) is 0 Å². The zero-order valence-electron chi connectivity index (χ0n) is 31.3. The van der Waals surface area contributed by atoms with E-state index in [2.05, 4.69) is 106 Å².